The van der Waals surface area contributed by atoms with E-state index in [1.165, 1.54) is 19.1 Å². The summed E-state index contributed by atoms with van der Waals surface area (Å²) in [6, 6.07) is 3.59. The first-order chi connectivity index (χ1) is 12.6. The molecule has 0 atom stereocenters. The van der Waals surface area contributed by atoms with Crippen LogP contribution in [0.25, 0.3) is 16.8 Å². The second kappa shape index (κ2) is 6.69. The Labute approximate surface area is 153 Å². The quantitative estimate of drug-likeness (QED) is 0.534. The molecule has 142 valence electrons. The normalized spacial score (nSPS) is 11.8. The maximum absolute atomic E-state index is 13.6. The van der Waals surface area contributed by atoms with Gasteiger partial charge in [0.2, 0.25) is 0 Å². The van der Waals surface area contributed by atoms with Gasteiger partial charge < -0.3 is 9.72 Å². The number of aromatic nitrogens is 3. The largest absolute Gasteiger partial charge is 0.461 e. The van der Waals surface area contributed by atoms with Crippen LogP contribution in [0.5, 0.6) is 0 Å². The number of H-pyrrole nitrogens is 1. The van der Waals surface area contributed by atoms with Crippen molar-refractivity contribution in [1.82, 2.24) is 14.6 Å². The molecule has 11 heteroatoms. The number of carbonyl (C=O) groups is 1. The van der Waals surface area contributed by atoms with Crippen molar-refractivity contribution in [2.24, 2.45) is 0 Å². The summed E-state index contributed by atoms with van der Waals surface area (Å²) in [4.78, 5) is 26.4. The van der Waals surface area contributed by atoms with Gasteiger partial charge in [-0.05, 0) is 19.1 Å². The van der Waals surface area contributed by atoms with Crippen LogP contribution in [0.1, 0.15) is 23.0 Å². The summed E-state index contributed by atoms with van der Waals surface area (Å²) < 4.78 is 59.1. The number of hydrogen-bond donors (Lipinski definition) is 1. The van der Waals surface area contributed by atoms with Gasteiger partial charge in [0.05, 0.1) is 23.5 Å². The van der Waals surface area contributed by atoms with E-state index >= 15 is 0 Å². The second-order valence-electron chi connectivity index (χ2n) is 5.36. The van der Waals surface area contributed by atoms with E-state index in [9.17, 15) is 27.2 Å². The summed E-state index contributed by atoms with van der Waals surface area (Å²) in [5, 5.41) is 3.41. The molecule has 1 N–H and O–H groups in total. The van der Waals surface area contributed by atoms with Crippen LogP contribution >= 0.6 is 11.6 Å². The summed E-state index contributed by atoms with van der Waals surface area (Å²) in [6.45, 7) is 1.25. The monoisotopic (exact) mass is 403 g/mol. The minimum absolute atomic E-state index is 0.0188. The first kappa shape index (κ1) is 18.9. The molecule has 27 heavy (non-hydrogen) atoms. The molecule has 0 unspecified atom stereocenters. The highest BCUT2D eigenvalue weighted by molar-refractivity contribution is 6.30. The third-order valence-electron chi connectivity index (χ3n) is 3.61. The molecule has 0 aliphatic rings. The fraction of sp³-hybridized carbons (Fsp3) is 0.188. The predicted octanol–water partition coefficient (Wildman–Crippen LogP) is 3.68. The molecule has 0 radical (unpaired) electrons. The minimum atomic E-state index is -5.02. The molecule has 2 aromatic heterocycles. The van der Waals surface area contributed by atoms with Crippen molar-refractivity contribution < 1.29 is 27.1 Å². The van der Waals surface area contributed by atoms with Crippen molar-refractivity contribution in [2.75, 3.05) is 6.61 Å². The molecule has 6 nitrogen and oxygen atoms in total. The van der Waals surface area contributed by atoms with Gasteiger partial charge in [0.25, 0.3) is 5.56 Å². The molecule has 0 fully saturated rings. The van der Waals surface area contributed by atoms with Crippen molar-refractivity contribution >= 4 is 23.1 Å². The third kappa shape index (κ3) is 3.39. The fourth-order valence-electron chi connectivity index (χ4n) is 2.50. The van der Waals surface area contributed by atoms with E-state index in [2.05, 4.69) is 14.8 Å². The maximum Gasteiger partial charge on any atom is 0.421 e. The van der Waals surface area contributed by atoms with Gasteiger partial charge in [-0.1, -0.05) is 17.7 Å². The highest BCUT2D eigenvalue weighted by Gasteiger charge is 2.42. The zero-order chi connectivity index (χ0) is 19.9. The zero-order valence-electron chi connectivity index (χ0n) is 13.5. The van der Waals surface area contributed by atoms with Gasteiger partial charge >= 0.3 is 12.1 Å². The molecule has 2 heterocycles. The van der Waals surface area contributed by atoms with E-state index < -0.39 is 40.3 Å². The van der Waals surface area contributed by atoms with Gasteiger partial charge in [0.1, 0.15) is 16.9 Å². The molecule has 1 aromatic carbocycles. The Morgan fingerprint density at radius 3 is 2.67 bits per heavy atom. The number of rotatable bonds is 3. The van der Waals surface area contributed by atoms with E-state index in [0.29, 0.717) is 4.52 Å². The lowest BCUT2D eigenvalue weighted by atomic mass is 10.1. The van der Waals surface area contributed by atoms with E-state index in [1.807, 2.05) is 0 Å². The number of nitrogens with zero attached hydrogens (tertiary/aromatic N) is 2. The Morgan fingerprint density at radius 2 is 2.07 bits per heavy atom. The topological polar surface area (TPSA) is 76.5 Å². The number of benzene rings is 1. The summed E-state index contributed by atoms with van der Waals surface area (Å²) >= 11 is 5.59. The molecule has 0 saturated carbocycles. The van der Waals surface area contributed by atoms with Crippen LogP contribution < -0.4 is 5.56 Å². The molecule has 0 spiro atoms. The number of ether oxygens (including phenoxy) is 1. The number of halogens is 5. The van der Waals surface area contributed by atoms with Crippen molar-refractivity contribution in [1.29, 1.82) is 0 Å². The van der Waals surface area contributed by atoms with Gasteiger partial charge in [0.15, 0.2) is 5.69 Å². The average molecular weight is 404 g/mol. The molecule has 3 aromatic rings. The van der Waals surface area contributed by atoms with Crippen LogP contribution in [0.4, 0.5) is 17.6 Å². The van der Waals surface area contributed by atoms with Crippen molar-refractivity contribution in [3.8, 4) is 11.3 Å². The number of fused-ring (bicyclic) bond motifs is 1. The lowest BCUT2D eigenvalue weighted by Crippen LogP contribution is -2.18. The first-order valence-electron chi connectivity index (χ1n) is 7.49. The van der Waals surface area contributed by atoms with Gasteiger partial charge in [-0.3, -0.25) is 4.79 Å². The number of alkyl halides is 3. The maximum atomic E-state index is 13.6. The Morgan fingerprint density at radius 1 is 1.37 bits per heavy atom. The standard InChI is InChI=1S/C16H10ClF4N3O3/c1-2-27-15(26)12-11(16(19,20)21)13-14(25)22-10(6-24(13)23-12)7-3-4-8(17)9(18)5-7/h3-6H,2H2,1H3,(H,22,25). The van der Waals surface area contributed by atoms with E-state index in [4.69, 9.17) is 11.6 Å². The van der Waals surface area contributed by atoms with Crippen molar-refractivity contribution in [2.45, 2.75) is 13.1 Å². The van der Waals surface area contributed by atoms with Gasteiger partial charge in [-0.2, -0.15) is 18.3 Å². The van der Waals surface area contributed by atoms with Crippen LogP contribution in [-0.2, 0) is 10.9 Å². The Kier molecular flexibility index (Phi) is 4.68. The second-order valence-corrected chi connectivity index (χ2v) is 5.77. The summed E-state index contributed by atoms with van der Waals surface area (Å²) in [7, 11) is 0. The van der Waals surface area contributed by atoms with Crippen LogP contribution in [0.3, 0.4) is 0 Å². The lowest BCUT2D eigenvalue weighted by Gasteiger charge is -2.07. The number of carbonyl (C=O) groups excluding carboxylic acids is 1. The van der Waals surface area contributed by atoms with Gasteiger partial charge in [-0.25, -0.2) is 13.7 Å². The number of hydrogen-bond acceptors (Lipinski definition) is 4. The molecule has 0 bridgehead atoms. The molecular weight excluding hydrogens is 394 g/mol. The molecule has 0 aliphatic carbocycles. The molecule has 0 saturated heterocycles. The lowest BCUT2D eigenvalue weighted by molar-refractivity contribution is -0.136. The van der Waals surface area contributed by atoms with Crippen LogP contribution in [0.15, 0.2) is 29.2 Å². The zero-order valence-corrected chi connectivity index (χ0v) is 14.3. The highest BCUT2D eigenvalue weighted by atomic mass is 35.5. The smallest absolute Gasteiger partial charge is 0.421 e. The fourth-order valence-corrected chi connectivity index (χ4v) is 2.62. The minimum Gasteiger partial charge on any atom is -0.461 e. The predicted molar refractivity (Wildman–Crippen MR) is 87.2 cm³/mol. The van der Waals surface area contributed by atoms with Crippen molar-refractivity contribution in [3.63, 3.8) is 0 Å². The van der Waals surface area contributed by atoms with Crippen LogP contribution in [-0.4, -0.2) is 27.2 Å². The van der Waals surface area contributed by atoms with Gasteiger partial charge in [-0.15, -0.1) is 0 Å². The Balaban J connectivity index is 2.28. The molecule has 0 aliphatic heterocycles. The molecule has 3 rings (SSSR count). The van der Waals surface area contributed by atoms with Crippen molar-refractivity contribution in [3.05, 3.63) is 56.8 Å². The molecular formula is C16H10ClF4N3O3. The molecule has 0 amide bonds. The van der Waals surface area contributed by atoms with Crippen LogP contribution in [0.2, 0.25) is 5.02 Å². The number of aromatic amines is 1. The SMILES string of the molecule is CCOC(=O)c1nn2cc(-c3ccc(Cl)c(F)c3)[nH]c(=O)c2c1C(F)(F)F. The number of esters is 1. The first-order valence-corrected chi connectivity index (χ1v) is 7.86. The highest BCUT2D eigenvalue weighted by Crippen LogP contribution is 2.35. The summed E-state index contributed by atoms with van der Waals surface area (Å²) in [6.07, 6.45) is -3.98. The summed E-state index contributed by atoms with van der Waals surface area (Å²) in [5.41, 5.74) is -4.43. The number of nitrogens with one attached hydrogen (secondary N) is 1. The van der Waals surface area contributed by atoms with E-state index in [1.54, 1.807) is 0 Å². The Hall–Kier alpha value is -2.88. The van der Waals surface area contributed by atoms with E-state index in [-0.39, 0.29) is 22.9 Å². The summed E-state index contributed by atoms with van der Waals surface area (Å²) in [5.74, 6) is -2.09. The third-order valence-corrected chi connectivity index (χ3v) is 3.91. The average Bonchev–Trinajstić information content (AvgIpc) is 2.98. The van der Waals surface area contributed by atoms with Crippen LogP contribution in [0, 0.1) is 5.82 Å². The Bertz CT molecular complexity index is 1100. The van der Waals surface area contributed by atoms with E-state index in [0.717, 1.165) is 12.3 Å². The van der Waals surface area contributed by atoms with Gasteiger partial charge in [0, 0.05) is 5.56 Å².